The maximum atomic E-state index is 17.5. The predicted molar refractivity (Wildman–Crippen MR) is 537 cm³/mol. The van der Waals surface area contributed by atoms with E-state index in [4.69, 9.17) is 72.1 Å². The molecule has 13 aromatic rings. The lowest BCUT2D eigenvalue weighted by atomic mass is 9.80. The standard InChI is InChI=1S/C108H116N4O22Si4/c1-119-135(120-2,121-3)61-57-109(58-62-136(122-4,123-5)124-6)107(117)89(65-71-29-25-26-30-71)111-103(113)85-67-91(131-81-49-41-77(42-50-81)73-33-17-13-18-34-73)97-99-93(133-83-53-45-79(46-54-83)75-37-21-15-22-38-75)69-87-96-88(106(116)112(105(87)115)90(66-72-31-27-28-32-72)108(118)110(59-63-137(125-7,126-8)127-9)60-64-138(128-10,129-11)130-12)70-94(134-84-55-47-80(48-56-84)76-39-23-16-24-40-76)100(102(96)99)98-92(68-86(104(111)114)95(85)101(97)98)132-82-51-43-78(44-52-82)74-35-19-14-20-36-74/h13-24,33-56,67-72,89-90H,25-32,57-66H2,1-12H3. The third kappa shape index (κ3) is 19.5. The molecular weight excluding hydrogens is 1820 g/mol. The van der Waals surface area contributed by atoms with E-state index < -0.39 is 82.7 Å². The molecule has 138 heavy (non-hydrogen) atoms. The molecule has 2 aliphatic carbocycles. The van der Waals surface area contributed by atoms with Gasteiger partial charge in [0.1, 0.15) is 58.1 Å². The molecule has 2 heterocycles. The minimum absolute atomic E-state index is 0.0195. The van der Waals surface area contributed by atoms with E-state index in [2.05, 4.69) is 0 Å². The van der Waals surface area contributed by atoms with Crippen molar-refractivity contribution in [2.24, 2.45) is 11.8 Å². The van der Waals surface area contributed by atoms with Gasteiger partial charge in [0.25, 0.3) is 23.6 Å². The second-order valence-corrected chi connectivity index (χ2v) is 47.6. The molecule has 0 aromatic heterocycles. The van der Waals surface area contributed by atoms with Crippen LogP contribution in [0.15, 0.2) is 243 Å². The summed E-state index contributed by atoms with van der Waals surface area (Å²) >= 11 is 0. The Morgan fingerprint density at radius 1 is 0.275 bits per heavy atom. The van der Waals surface area contributed by atoms with Crippen LogP contribution in [-0.4, -0.2) is 214 Å². The fraction of sp³-hybridized carbons (Fsp3) is 0.315. The van der Waals surface area contributed by atoms with Crippen LogP contribution in [-0.2, 0) is 62.7 Å². The number of carbonyl (C=O) groups is 6. The number of nitrogens with zero attached hydrogens (tertiary/aromatic N) is 4. The maximum Gasteiger partial charge on any atom is 0.501 e. The fourth-order valence-corrected chi connectivity index (χ4v) is 27.1. The summed E-state index contributed by atoms with van der Waals surface area (Å²) in [6, 6.07) is 73.7. The van der Waals surface area contributed by atoms with E-state index in [0.717, 1.165) is 106 Å². The first-order valence-corrected chi connectivity index (χ1v) is 54.6. The van der Waals surface area contributed by atoms with Crippen molar-refractivity contribution < 1.29 is 101 Å². The second-order valence-electron chi connectivity index (χ2n) is 35.3. The molecule has 0 saturated heterocycles. The van der Waals surface area contributed by atoms with Crippen LogP contribution < -0.4 is 18.9 Å². The first kappa shape index (κ1) is 97.6. The van der Waals surface area contributed by atoms with Gasteiger partial charge in [-0.25, -0.2) is 0 Å². The van der Waals surface area contributed by atoms with Gasteiger partial charge in [0.15, 0.2) is 0 Å². The Morgan fingerprint density at radius 2 is 0.471 bits per heavy atom. The van der Waals surface area contributed by atoms with Gasteiger partial charge in [0, 0.05) is 179 Å². The number of hydrogen-bond donors (Lipinski definition) is 0. The molecule has 2 aliphatic heterocycles. The minimum atomic E-state index is -3.49. The summed E-state index contributed by atoms with van der Waals surface area (Å²) in [6.07, 6.45) is 6.46. The van der Waals surface area contributed by atoms with Crippen molar-refractivity contribution in [2.75, 3.05) is 111 Å². The lowest BCUT2D eigenvalue weighted by Crippen LogP contribution is -2.57. The smallest absolute Gasteiger partial charge is 0.457 e. The van der Waals surface area contributed by atoms with Gasteiger partial charge in [-0.2, -0.15) is 0 Å². The molecule has 26 nitrogen and oxygen atoms in total. The number of hydrogen-bond acceptors (Lipinski definition) is 22. The quantitative estimate of drug-likeness (QED) is 0.0149. The van der Waals surface area contributed by atoms with Crippen molar-refractivity contribution in [3.05, 3.63) is 265 Å². The SMILES string of the molecule is CO[Si](CCN(CC[Si](OC)(OC)OC)C(=O)C(CC1CCCC1)N1C(=O)c2cc(Oc3ccc(-c4ccccc4)cc3)c3c4c(Oc5ccc(-c6ccccc6)cc5)cc5c6c(cc(Oc7ccc(-c8ccccc8)cc7)c(c7c(Oc8ccc(-c9ccccc9)cc8)cc(c2c37)C1=O)c64)C(=O)N(C(CC1CCCC1)C(=O)N(CC[Si](OC)(OC)OC)CC[Si](OC)(OC)OC)C5=O)(OC)OC. The number of rotatable bonds is 44. The number of imide groups is 2. The summed E-state index contributed by atoms with van der Waals surface area (Å²) in [5.41, 5.74) is 7.09. The van der Waals surface area contributed by atoms with Crippen LogP contribution >= 0.6 is 0 Å². The molecule has 13 aromatic carbocycles. The molecule has 6 amide bonds. The third-order valence-electron chi connectivity index (χ3n) is 28.1. The lowest BCUT2D eigenvalue weighted by molar-refractivity contribution is -0.136. The highest BCUT2D eigenvalue weighted by atomic mass is 28.4. The van der Waals surface area contributed by atoms with Crippen molar-refractivity contribution in [3.63, 3.8) is 0 Å². The maximum absolute atomic E-state index is 17.5. The van der Waals surface area contributed by atoms with Gasteiger partial charge in [0.05, 0.1) is 22.3 Å². The van der Waals surface area contributed by atoms with Crippen LogP contribution in [0.1, 0.15) is 106 Å². The highest BCUT2D eigenvalue weighted by Crippen LogP contribution is 2.59. The van der Waals surface area contributed by atoms with Gasteiger partial charge >= 0.3 is 35.2 Å². The normalized spacial score (nSPS) is 14.9. The molecule has 0 N–H and O–H groups in total. The van der Waals surface area contributed by atoms with E-state index in [9.17, 15) is 0 Å². The van der Waals surface area contributed by atoms with Gasteiger partial charge in [-0.05, 0) is 142 Å². The van der Waals surface area contributed by atoms with Gasteiger partial charge in [-0.3, -0.25) is 38.6 Å². The van der Waals surface area contributed by atoms with Crippen LogP contribution in [0.2, 0.25) is 24.2 Å². The molecule has 2 saturated carbocycles. The molecule has 716 valence electrons. The summed E-state index contributed by atoms with van der Waals surface area (Å²) in [7, 11) is 4.02. The van der Waals surface area contributed by atoms with E-state index >= 15 is 28.8 Å². The predicted octanol–water partition coefficient (Wildman–Crippen LogP) is 21.8. The topological polar surface area (TPSA) is 263 Å². The van der Waals surface area contributed by atoms with Gasteiger partial charge in [0.2, 0.25) is 11.8 Å². The summed E-state index contributed by atoms with van der Waals surface area (Å²) in [5, 5.41) is 1.75. The summed E-state index contributed by atoms with van der Waals surface area (Å²) < 4.78 is 103. The summed E-state index contributed by atoms with van der Waals surface area (Å²) in [6.45, 7) is -0.0780. The number of ether oxygens (including phenoxy) is 4. The summed E-state index contributed by atoms with van der Waals surface area (Å²) in [4.78, 5) is 109. The van der Waals surface area contributed by atoms with Crippen molar-refractivity contribution in [1.82, 2.24) is 19.6 Å². The first-order chi connectivity index (χ1) is 67.2. The zero-order valence-electron chi connectivity index (χ0n) is 79.9. The highest BCUT2D eigenvalue weighted by Gasteiger charge is 2.52. The van der Waals surface area contributed by atoms with Crippen LogP contribution in [0.4, 0.5) is 0 Å². The van der Waals surface area contributed by atoms with Crippen LogP contribution in [0.3, 0.4) is 0 Å². The molecule has 0 spiro atoms. The fourth-order valence-electron chi connectivity index (χ4n) is 20.5. The van der Waals surface area contributed by atoms with Gasteiger partial charge in [-0.1, -0.05) is 221 Å². The molecule has 0 bridgehead atoms. The Labute approximate surface area is 808 Å². The Hall–Kier alpha value is -12.0. The molecule has 30 heteroatoms. The van der Waals surface area contributed by atoms with E-state index in [0.29, 0.717) is 23.0 Å². The molecule has 17 rings (SSSR count). The van der Waals surface area contributed by atoms with E-state index in [-0.39, 0.29) is 163 Å². The number of benzene rings is 13. The van der Waals surface area contributed by atoms with Crippen molar-refractivity contribution in [1.29, 1.82) is 0 Å². The lowest BCUT2D eigenvalue weighted by Gasteiger charge is -2.39. The Morgan fingerprint density at radius 3 is 0.667 bits per heavy atom. The number of carbonyl (C=O) groups excluding carboxylic acids is 6. The average molecular weight is 1930 g/mol. The average Bonchev–Trinajstić information content (AvgIpc) is 0.753. The minimum Gasteiger partial charge on any atom is -0.457 e. The molecule has 2 unspecified atom stereocenters. The monoisotopic (exact) mass is 1930 g/mol. The molecule has 4 aliphatic rings. The first-order valence-electron chi connectivity index (χ1n) is 46.8. The zero-order valence-corrected chi connectivity index (χ0v) is 83.9. The Kier molecular flexibility index (Phi) is 30.2. The Balaban J connectivity index is 0.985. The number of fused-ring (bicyclic) bond motifs is 2. The van der Waals surface area contributed by atoms with Crippen molar-refractivity contribution in [3.8, 4) is 90.5 Å². The van der Waals surface area contributed by atoms with E-state index in [1.165, 1.54) is 85.3 Å². The van der Waals surface area contributed by atoms with E-state index in [1.54, 1.807) is 34.1 Å². The van der Waals surface area contributed by atoms with Crippen molar-refractivity contribution in [2.45, 2.75) is 100 Å². The largest absolute Gasteiger partial charge is 0.501 e. The molecule has 0 radical (unpaired) electrons. The Bertz CT molecular complexity index is 5750. The highest BCUT2D eigenvalue weighted by molar-refractivity contribution is 6.62. The molecule has 2 fully saturated rings. The van der Waals surface area contributed by atoms with Crippen LogP contribution in [0, 0.1) is 11.8 Å². The second kappa shape index (κ2) is 42.7. The third-order valence-corrected chi connectivity index (χ3v) is 38.9. The molecule has 2 atom stereocenters. The summed E-state index contributed by atoms with van der Waals surface area (Å²) in [5.74, 6) is -3.20. The van der Waals surface area contributed by atoms with E-state index in [1.807, 2.05) is 218 Å². The van der Waals surface area contributed by atoms with Crippen molar-refractivity contribution >= 4 is 114 Å². The van der Waals surface area contributed by atoms with Gasteiger partial charge in [-0.15, -0.1) is 0 Å². The zero-order chi connectivity index (χ0) is 96.6. The van der Waals surface area contributed by atoms with Gasteiger partial charge < -0.3 is 81.9 Å². The molecular formula is C108H116N4O22Si4. The number of amides is 6. The van der Waals surface area contributed by atoms with Crippen LogP contribution in [0.25, 0.3) is 87.6 Å². The van der Waals surface area contributed by atoms with Crippen LogP contribution in [0.5, 0.6) is 46.0 Å².